The van der Waals surface area contributed by atoms with Crippen molar-refractivity contribution >= 4 is 15.8 Å². The lowest BCUT2D eigenvalue weighted by Gasteiger charge is -2.01. The monoisotopic (exact) mass is 189 g/mol. The zero-order valence-corrected chi connectivity index (χ0v) is 6.75. The number of hydrogen-bond donors (Lipinski definition) is 3. The van der Waals surface area contributed by atoms with Crippen molar-refractivity contribution in [2.45, 2.75) is 4.90 Å². The Bertz CT molecular complexity index is 398. The maximum absolute atomic E-state index is 10.6. The Morgan fingerprint density at radius 3 is 2.33 bits per heavy atom. The maximum atomic E-state index is 10.6. The first-order valence-electron chi connectivity index (χ1n) is 2.97. The van der Waals surface area contributed by atoms with Gasteiger partial charge in [0.2, 0.25) is 0 Å². The summed E-state index contributed by atoms with van der Waals surface area (Å²) in [5.41, 5.74) is 5.12. The Labute approximate surface area is 69.2 Å². The van der Waals surface area contributed by atoms with Gasteiger partial charge in [-0.05, 0) is 12.1 Å². The van der Waals surface area contributed by atoms with E-state index in [1.165, 1.54) is 12.1 Å². The standard InChI is InChI=1S/C6H7NO4S/c7-5-2-1-4(8)3-6(5)12(9,10)11/h1-3,8H,7H2,(H,9,10,11). The van der Waals surface area contributed by atoms with Crippen molar-refractivity contribution < 1.29 is 18.1 Å². The Kier molecular flexibility index (Phi) is 1.95. The molecule has 0 spiro atoms. The minimum absolute atomic E-state index is 0.102. The predicted molar refractivity (Wildman–Crippen MR) is 42.3 cm³/mol. The number of hydrogen-bond acceptors (Lipinski definition) is 4. The van der Waals surface area contributed by atoms with Crippen LogP contribution in [0.4, 0.5) is 5.69 Å². The Hall–Kier alpha value is -1.27. The Morgan fingerprint density at radius 2 is 1.92 bits per heavy atom. The van der Waals surface area contributed by atoms with Gasteiger partial charge in [0, 0.05) is 6.07 Å². The molecule has 1 aromatic rings. The van der Waals surface area contributed by atoms with Crippen LogP contribution in [0.15, 0.2) is 23.1 Å². The van der Waals surface area contributed by atoms with Gasteiger partial charge in [0.15, 0.2) is 0 Å². The highest BCUT2D eigenvalue weighted by Crippen LogP contribution is 2.22. The highest BCUT2D eigenvalue weighted by Gasteiger charge is 2.13. The number of phenolic OH excluding ortho intramolecular Hbond substituents is 1. The molecule has 0 saturated heterocycles. The molecule has 0 saturated carbocycles. The molecule has 0 atom stereocenters. The van der Waals surface area contributed by atoms with Crippen LogP contribution in [0, 0.1) is 0 Å². The van der Waals surface area contributed by atoms with Gasteiger partial charge in [-0.15, -0.1) is 0 Å². The highest BCUT2D eigenvalue weighted by molar-refractivity contribution is 7.86. The molecular formula is C6H7NO4S. The lowest BCUT2D eigenvalue weighted by Crippen LogP contribution is -2.02. The van der Waals surface area contributed by atoms with Crippen LogP contribution in [0.2, 0.25) is 0 Å². The van der Waals surface area contributed by atoms with Gasteiger partial charge in [-0.3, -0.25) is 4.55 Å². The molecule has 1 aromatic carbocycles. The third-order valence-electron chi connectivity index (χ3n) is 1.28. The van der Waals surface area contributed by atoms with Crippen molar-refractivity contribution in [2.24, 2.45) is 0 Å². The second-order valence-electron chi connectivity index (χ2n) is 2.20. The third kappa shape index (κ3) is 1.66. The molecule has 4 N–H and O–H groups in total. The van der Waals surface area contributed by atoms with E-state index in [1.54, 1.807) is 0 Å². The molecule has 0 aliphatic rings. The van der Waals surface area contributed by atoms with Crippen LogP contribution in [-0.4, -0.2) is 18.1 Å². The van der Waals surface area contributed by atoms with E-state index in [1.807, 2.05) is 0 Å². The molecule has 6 heteroatoms. The van der Waals surface area contributed by atoms with Crippen LogP contribution in [0.3, 0.4) is 0 Å². The van der Waals surface area contributed by atoms with Gasteiger partial charge in [0.05, 0.1) is 5.69 Å². The number of anilines is 1. The van der Waals surface area contributed by atoms with Gasteiger partial charge in [-0.25, -0.2) is 0 Å². The number of nitrogen functional groups attached to an aromatic ring is 1. The van der Waals surface area contributed by atoms with E-state index < -0.39 is 15.0 Å². The van der Waals surface area contributed by atoms with Gasteiger partial charge in [-0.2, -0.15) is 8.42 Å². The summed E-state index contributed by atoms with van der Waals surface area (Å²) in [5, 5.41) is 8.87. The maximum Gasteiger partial charge on any atom is 0.296 e. The summed E-state index contributed by atoms with van der Waals surface area (Å²) in [6, 6.07) is 3.30. The molecule has 0 fully saturated rings. The minimum atomic E-state index is -4.34. The average molecular weight is 189 g/mol. The molecule has 0 aromatic heterocycles. The fourth-order valence-corrected chi connectivity index (χ4v) is 1.38. The molecule has 0 aliphatic heterocycles. The third-order valence-corrected chi connectivity index (χ3v) is 2.18. The van der Waals surface area contributed by atoms with Gasteiger partial charge in [0.25, 0.3) is 10.1 Å². The van der Waals surface area contributed by atoms with Crippen LogP contribution in [0.25, 0.3) is 0 Å². The molecule has 0 amide bonds. The molecule has 0 aliphatic carbocycles. The Morgan fingerprint density at radius 1 is 1.33 bits per heavy atom. The van der Waals surface area contributed by atoms with E-state index in [9.17, 15) is 8.42 Å². The summed E-state index contributed by atoms with van der Waals surface area (Å²) in [4.78, 5) is -0.484. The summed E-state index contributed by atoms with van der Waals surface area (Å²) in [6.45, 7) is 0. The number of benzene rings is 1. The van der Waals surface area contributed by atoms with E-state index in [2.05, 4.69) is 0 Å². The van der Waals surface area contributed by atoms with Crippen molar-refractivity contribution in [2.75, 3.05) is 5.73 Å². The molecule has 0 unspecified atom stereocenters. The number of phenols is 1. The molecule has 0 bridgehead atoms. The number of nitrogens with two attached hydrogens (primary N) is 1. The average Bonchev–Trinajstić information content (AvgIpc) is 1.92. The molecule has 12 heavy (non-hydrogen) atoms. The SMILES string of the molecule is Nc1ccc(O)cc1S(=O)(=O)O. The fraction of sp³-hybridized carbons (Fsp3) is 0. The zero-order valence-electron chi connectivity index (χ0n) is 5.93. The highest BCUT2D eigenvalue weighted by atomic mass is 32.2. The zero-order chi connectivity index (χ0) is 9.35. The summed E-state index contributed by atoms with van der Waals surface area (Å²) >= 11 is 0. The van der Waals surface area contributed by atoms with Gasteiger partial charge in [-0.1, -0.05) is 0 Å². The van der Waals surface area contributed by atoms with Crippen molar-refractivity contribution in [3.63, 3.8) is 0 Å². The molecule has 0 heterocycles. The number of rotatable bonds is 1. The number of aromatic hydroxyl groups is 1. The quantitative estimate of drug-likeness (QED) is 0.333. The predicted octanol–water partition coefficient (Wildman–Crippen LogP) is 0.221. The summed E-state index contributed by atoms with van der Waals surface area (Å²) in [6.07, 6.45) is 0. The molecule has 66 valence electrons. The lowest BCUT2D eigenvalue weighted by atomic mass is 10.3. The second-order valence-corrected chi connectivity index (χ2v) is 3.59. The van der Waals surface area contributed by atoms with Crippen molar-refractivity contribution in [1.29, 1.82) is 0 Å². The van der Waals surface area contributed by atoms with E-state index in [0.717, 1.165) is 6.07 Å². The smallest absolute Gasteiger partial charge is 0.296 e. The first-order chi connectivity index (χ1) is 5.41. The van der Waals surface area contributed by atoms with Crippen molar-refractivity contribution in [3.8, 4) is 5.75 Å². The van der Waals surface area contributed by atoms with Crippen LogP contribution in [-0.2, 0) is 10.1 Å². The van der Waals surface area contributed by atoms with E-state index in [0.29, 0.717) is 0 Å². The lowest BCUT2D eigenvalue weighted by molar-refractivity contribution is 0.466. The second kappa shape index (κ2) is 2.65. The van der Waals surface area contributed by atoms with Gasteiger partial charge >= 0.3 is 0 Å². The summed E-state index contributed by atoms with van der Waals surface area (Å²) in [5.74, 6) is -0.267. The molecule has 5 nitrogen and oxygen atoms in total. The van der Waals surface area contributed by atoms with Crippen LogP contribution in [0.1, 0.15) is 0 Å². The van der Waals surface area contributed by atoms with Gasteiger partial charge < -0.3 is 10.8 Å². The van der Waals surface area contributed by atoms with E-state index >= 15 is 0 Å². The first-order valence-corrected chi connectivity index (χ1v) is 4.41. The van der Waals surface area contributed by atoms with E-state index in [4.69, 9.17) is 15.4 Å². The van der Waals surface area contributed by atoms with Crippen molar-refractivity contribution in [3.05, 3.63) is 18.2 Å². The topological polar surface area (TPSA) is 101 Å². The molecule has 1 rings (SSSR count). The van der Waals surface area contributed by atoms with E-state index in [-0.39, 0.29) is 11.4 Å². The normalized spacial score (nSPS) is 11.4. The largest absolute Gasteiger partial charge is 0.508 e. The van der Waals surface area contributed by atoms with Crippen LogP contribution < -0.4 is 5.73 Å². The summed E-state index contributed by atoms with van der Waals surface area (Å²) in [7, 11) is -4.34. The van der Waals surface area contributed by atoms with Crippen LogP contribution in [0.5, 0.6) is 5.75 Å². The Balaban J connectivity index is 3.43. The fourth-order valence-electron chi connectivity index (χ4n) is 0.746. The molecule has 0 radical (unpaired) electrons. The minimum Gasteiger partial charge on any atom is -0.508 e. The molecular weight excluding hydrogens is 182 g/mol. The van der Waals surface area contributed by atoms with Crippen molar-refractivity contribution in [1.82, 2.24) is 0 Å². The van der Waals surface area contributed by atoms with Gasteiger partial charge in [0.1, 0.15) is 10.6 Å². The first kappa shape index (κ1) is 8.82. The van der Waals surface area contributed by atoms with Crippen LogP contribution >= 0.6 is 0 Å². The summed E-state index contributed by atoms with van der Waals surface area (Å²) < 4.78 is 29.7.